The number of nitrogens with zero attached hydrogens (tertiary/aromatic N) is 2. The molecule has 0 saturated carbocycles. The second-order valence-electron chi connectivity index (χ2n) is 6.00. The molecule has 0 fully saturated rings. The fraction of sp³-hybridized carbons (Fsp3) is 0.190. The van der Waals surface area contributed by atoms with Crippen molar-refractivity contribution < 1.29 is 19.4 Å². The molecule has 28 heavy (non-hydrogen) atoms. The molecule has 7 heteroatoms. The van der Waals surface area contributed by atoms with Crippen molar-refractivity contribution in [2.45, 2.75) is 6.42 Å². The number of hydrogen-bond donors (Lipinski definition) is 2. The Kier molecular flexibility index (Phi) is 6.06. The largest absolute Gasteiger partial charge is 0.497 e. The number of benzene rings is 2. The minimum absolute atomic E-state index is 0.171. The molecule has 3 aromatic rings. The first-order chi connectivity index (χ1) is 13.6. The number of aromatic carboxylic acids is 1. The van der Waals surface area contributed by atoms with Crippen LogP contribution in [0.1, 0.15) is 15.9 Å². The zero-order valence-electron chi connectivity index (χ0n) is 15.7. The first-order valence-electron chi connectivity index (χ1n) is 8.73. The number of nitrogens with one attached hydrogen (secondary N) is 1. The van der Waals surface area contributed by atoms with Crippen LogP contribution in [0.25, 0.3) is 11.3 Å². The number of carbonyl (C=O) groups is 1. The second-order valence-corrected chi connectivity index (χ2v) is 6.00. The van der Waals surface area contributed by atoms with Gasteiger partial charge in [0.2, 0.25) is 0 Å². The maximum absolute atomic E-state index is 11.5. The van der Waals surface area contributed by atoms with E-state index in [1.807, 2.05) is 24.3 Å². The zero-order chi connectivity index (χ0) is 19.9. The van der Waals surface area contributed by atoms with Gasteiger partial charge in [0, 0.05) is 18.2 Å². The van der Waals surface area contributed by atoms with Crippen molar-refractivity contribution in [2.75, 3.05) is 26.1 Å². The van der Waals surface area contributed by atoms with Crippen LogP contribution in [0.2, 0.25) is 0 Å². The fourth-order valence-electron chi connectivity index (χ4n) is 2.77. The van der Waals surface area contributed by atoms with Gasteiger partial charge in [-0.25, -0.2) is 4.79 Å². The molecule has 0 bridgehead atoms. The van der Waals surface area contributed by atoms with E-state index in [4.69, 9.17) is 9.47 Å². The van der Waals surface area contributed by atoms with E-state index in [1.54, 1.807) is 37.4 Å². The Hall–Kier alpha value is -3.61. The van der Waals surface area contributed by atoms with Crippen molar-refractivity contribution in [3.8, 4) is 23.0 Å². The van der Waals surface area contributed by atoms with Gasteiger partial charge in [-0.2, -0.15) is 9.97 Å². The number of carboxylic acid groups (broad SMARTS) is 1. The quantitative estimate of drug-likeness (QED) is 0.618. The van der Waals surface area contributed by atoms with Crippen LogP contribution in [0.15, 0.2) is 54.6 Å². The number of rotatable bonds is 8. The van der Waals surface area contributed by atoms with E-state index in [1.165, 1.54) is 7.11 Å². The van der Waals surface area contributed by atoms with Crippen molar-refractivity contribution in [1.82, 2.24) is 9.97 Å². The highest BCUT2D eigenvalue weighted by molar-refractivity contribution is 5.95. The lowest BCUT2D eigenvalue weighted by Crippen LogP contribution is -2.08. The normalized spacial score (nSPS) is 10.4. The zero-order valence-corrected chi connectivity index (χ0v) is 15.7. The molecule has 0 unspecified atom stereocenters. The number of anilines is 1. The van der Waals surface area contributed by atoms with Crippen molar-refractivity contribution >= 4 is 11.8 Å². The number of carboxylic acids is 1. The Morgan fingerprint density at radius 3 is 2.46 bits per heavy atom. The highest BCUT2D eigenvalue weighted by atomic mass is 16.5. The van der Waals surface area contributed by atoms with Gasteiger partial charge in [0.1, 0.15) is 11.6 Å². The predicted octanol–water partition coefficient (Wildman–Crippen LogP) is 3.51. The van der Waals surface area contributed by atoms with Crippen LogP contribution in [0, 0.1) is 0 Å². The molecule has 1 heterocycles. The van der Waals surface area contributed by atoms with Gasteiger partial charge in [-0.15, -0.1) is 0 Å². The molecule has 0 amide bonds. The van der Waals surface area contributed by atoms with Crippen LogP contribution >= 0.6 is 0 Å². The topological polar surface area (TPSA) is 93.6 Å². The molecule has 2 N–H and O–H groups in total. The lowest BCUT2D eigenvalue weighted by molar-refractivity contribution is 0.0697. The van der Waals surface area contributed by atoms with E-state index < -0.39 is 5.97 Å². The van der Waals surface area contributed by atoms with Crippen LogP contribution in [0.3, 0.4) is 0 Å². The third-order valence-corrected chi connectivity index (χ3v) is 4.20. The summed E-state index contributed by atoms with van der Waals surface area (Å²) < 4.78 is 10.3. The molecule has 3 rings (SSSR count). The summed E-state index contributed by atoms with van der Waals surface area (Å²) in [6, 6.07) is 16.5. The van der Waals surface area contributed by atoms with Gasteiger partial charge >= 0.3 is 12.0 Å². The van der Waals surface area contributed by atoms with Crippen molar-refractivity contribution in [1.29, 1.82) is 0 Å². The first kappa shape index (κ1) is 19.2. The van der Waals surface area contributed by atoms with E-state index in [-0.39, 0.29) is 11.6 Å². The molecule has 1 aromatic heterocycles. The fourth-order valence-corrected chi connectivity index (χ4v) is 2.77. The van der Waals surface area contributed by atoms with Gasteiger partial charge < -0.3 is 19.9 Å². The predicted molar refractivity (Wildman–Crippen MR) is 106 cm³/mol. The molecule has 144 valence electrons. The summed E-state index contributed by atoms with van der Waals surface area (Å²) in [6.07, 6.45) is 0.789. The van der Waals surface area contributed by atoms with E-state index in [9.17, 15) is 9.90 Å². The molecule has 0 aliphatic carbocycles. The molecule has 0 spiro atoms. The maximum atomic E-state index is 11.5. The van der Waals surface area contributed by atoms with Gasteiger partial charge in [-0.05, 0) is 30.2 Å². The highest BCUT2D eigenvalue weighted by Gasteiger charge is 2.14. The molecule has 7 nitrogen and oxygen atoms in total. The summed E-state index contributed by atoms with van der Waals surface area (Å²) in [4.78, 5) is 20.1. The standard InChI is InChI=1S/C21H21N3O4/c1-27-15-9-7-14(8-10-15)11-12-22-19-13-18(23-21(24-19)28-2)16-5-3-4-6-17(16)20(25)26/h3-10,13H,11-12H2,1-2H3,(H,25,26)(H,22,23,24). The average molecular weight is 379 g/mol. The van der Waals surface area contributed by atoms with Gasteiger partial charge in [-0.1, -0.05) is 30.3 Å². The summed E-state index contributed by atoms with van der Waals surface area (Å²) >= 11 is 0. The van der Waals surface area contributed by atoms with E-state index >= 15 is 0 Å². The van der Waals surface area contributed by atoms with Crippen LogP contribution in [-0.4, -0.2) is 41.8 Å². The maximum Gasteiger partial charge on any atom is 0.336 e. The molecule has 0 aliphatic heterocycles. The smallest absolute Gasteiger partial charge is 0.336 e. The minimum Gasteiger partial charge on any atom is -0.497 e. The molecule has 2 aromatic carbocycles. The molecular weight excluding hydrogens is 358 g/mol. The summed E-state index contributed by atoms with van der Waals surface area (Å²) in [5, 5.41) is 12.7. The monoisotopic (exact) mass is 379 g/mol. The number of aromatic nitrogens is 2. The lowest BCUT2D eigenvalue weighted by Gasteiger charge is -2.11. The summed E-state index contributed by atoms with van der Waals surface area (Å²) in [5.41, 5.74) is 2.32. The molecule has 0 aliphatic rings. The van der Waals surface area contributed by atoms with Crippen LogP contribution in [-0.2, 0) is 6.42 Å². The summed E-state index contributed by atoms with van der Waals surface area (Å²) in [6.45, 7) is 0.645. The van der Waals surface area contributed by atoms with Crippen molar-refractivity contribution in [2.24, 2.45) is 0 Å². The third-order valence-electron chi connectivity index (χ3n) is 4.20. The SMILES string of the molecule is COc1ccc(CCNc2cc(-c3ccccc3C(=O)O)nc(OC)n2)cc1. The average Bonchev–Trinajstić information content (AvgIpc) is 2.74. The third kappa shape index (κ3) is 4.56. The highest BCUT2D eigenvalue weighted by Crippen LogP contribution is 2.25. The van der Waals surface area contributed by atoms with Crippen LogP contribution in [0.4, 0.5) is 5.82 Å². The Bertz CT molecular complexity index is 958. The van der Waals surface area contributed by atoms with E-state index in [0.717, 1.165) is 17.7 Å². The van der Waals surface area contributed by atoms with Gasteiger partial charge in [0.05, 0.1) is 25.5 Å². The Balaban J connectivity index is 1.78. The summed E-state index contributed by atoms with van der Waals surface area (Å²) in [7, 11) is 3.11. The van der Waals surface area contributed by atoms with Gasteiger partial charge in [0.25, 0.3) is 0 Å². The number of hydrogen-bond acceptors (Lipinski definition) is 6. The van der Waals surface area contributed by atoms with Crippen LogP contribution < -0.4 is 14.8 Å². The second kappa shape index (κ2) is 8.85. The van der Waals surface area contributed by atoms with Crippen molar-refractivity contribution in [3.63, 3.8) is 0 Å². The van der Waals surface area contributed by atoms with Crippen LogP contribution in [0.5, 0.6) is 11.8 Å². The van der Waals surface area contributed by atoms with E-state index in [2.05, 4.69) is 15.3 Å². The molecule has 0 atom stereocenters. The van der Waals surface area contributed by atoms with Gasteiger partial charge in [0.15, 0.2) is 0 Å². The van der Waals surface area contributed by atoms with E-state index in [0.29, 0.717) is 23.6 Å². The Morgan fingerprint density at radius 2 is 1.79 bits per heavy atom. The number of methoxy groups -OCH3 is 2. The van der Waals surface area contributed by atoms with Gasteiger partial charge in [-0.3, -0.25) is 0 Å². The Morgan fingerprint density at radius 1 is 1.04 bits per heavy atom. The molecular formula is C21H21N3O4. The van der Waals surface area contributed by atoms with Crippen molar-refractivity contribution in [3.05, 3.63) is 65.7 Å². The minimum atomic E-state index is -1.01. The Labute approximate surface area is 163 Å². The lowest BCUT2D eigenvalue weighted by atomic mass is 10.0. The number of ether oxygens (including phenoxy) is 2. The summed E-state index contributed by atoms with van der Waals surface area (Å²) in [5.74, 6) is 0.372. The molecule has 0 saturated heterocycles. The molecule has 0 radical (unpaired) electrons. The first-order valence-corrected chi connectivity index (χ1v) is 8.73.